The number of benzene rings is 1. The van der Waals surface area contributed by atoms with Gasteiger partial charge in [0.1, 0.15) is 11.9 Å². The first kappa shape index (κ1) is 8.37. The number of halogens is 1. The van der Waals surface area contributed by atoms with Crippen molar-refractivity contribution in [1.29, 1.82) is 0 Å². The van der Waals surface area contributed by atoms with Crippen LogP contribution < -0.4 is 4.29 Å². The molecule has 0 saturated carbocycles. The Kier molecular flexibility index (Phi) is 2.74. The van der Waals surface area contributed by atoms with Crippen molar-refractivity contribution in [2.75, 3.05) is 0 Å². The van der Waals surface area contributed by atoms with Gasteiger partial charge in [0, 0.05) is 5.56 Å². The zero-order valence-electron chi connectivity index (χ0n) is 6.12. The van der Waals surface area contributed by atoms with Crippen LogP contribution in [0.2, 0.25) is 0 Å². The summed E-state index contributed by atoms with van der Waals surface area (Å²) in [6, 6.07) is 7.09. The number of hydrogen-bond acceptors (Lipinski definition) is 2. The van der Waals surface area contributed by atoms with Gasteiger partial charge in [0.2, 0.25) is 0 Å². The number of rotatable bonds is 2. The minimum atomic E-state index is -0.551. The molecule has 0 aliphatic rings. The molecule has 0 amide bonds. The first-order valence-corrected chi connectivity index (χ1v) is 3.62. The van der Waals surface area contributed by atoms with Crippen molar-refractivity contribution in [3.05, 3.63) is 29.8 Å². The summed E-state index contributed by atoms with van der Waals surface area (Å²) in [5, 5.41) is 9.20. The second-order valence-corrected chi connectivity index (χ2v) is 2.45. The van der Waals surface area contributed by atoms with Gasteiger partial charge in [-0.25, -0.2) is 0 Å². The normalized spacial score (nSPS) is 12.6. The molecule has 0 spiro atoms. The van der Waals surface area contributed by atoms with Crippen LogP contribution in [-0.4, -0.2) is 5.11 Å². The van der Waals surface area contributed by atoms with Crippen LogP contribution in [0.1, 0.15) is 18.6 Å². The third-order valence-electron chi connectivity index (χ3n) is 1.45. The summed E-state index contributed by atoms with van der Waals surface area (Å²) in [6.07, 6.45) is -0.551. The van der Waals surface area contributed by atoms with E-state index in [1.165, 1.54) is 0 Å². The predicted octanol–water partition coefficient (Wildman–Crippen LogP) is 2.27. The van der Waals surface area contributed by atoms with Crippen LogP contribution in [0, 0.1) is 0 Å². The first-order valence-electron chi connectivity index (χ1n) is 3.31. The molecule has 60 valence electrons. The molecule has 1 unspecified atom stereocenters. The highest BCUT2D eigenvalue weighted by Gasteiger charge is 2.06. The molecular weight excluding hydrogens is 164 g/mol. The van der Waals surface area contributed by atoms with Crippen LogP contribution in [-0.2, 0) is 0 Å². The van der Waals surface area contributed by atoms with Gasteiger partial charge in [0.15, 0.2) is 5.75 Å². The molecule has 0 bridgehead atoms. The molecule has 1 aromatic carbocycles. The number of aliphatic hydroxyl groups excluding tert-OH is 1. The molecule has 0 aliphatic carbocycles. The Labute approximate surface area is 70.5 Å². The lowest BCUT2D eigenvalue weighted by molar-refractivity contribution is 0.197. The molecule has 2 nitrogen and oxygen atoms in total. The monoisotopic (exact) mass is 172 g/mol. The van der Waals surface area contributed by atoms with E-state index >= 15 is 0 Å². The van der Waals surface area contributed by atoms with E-state index in [1.54, 1.807) is 25.1 Å². The van der Waals surface area contributed by atoms with Crippen LogP contribution in [0.4, 0.5) is 0 Å². The molecule has 0 radical (unpaired) electrons. The standard InChI is InChI=1S/C8H9ClO2/c1-6(10)7-4-2-3-5-8(7)11-9/h2-6,10H,1H3. The van der Waals surface area contributed by atoms with Gasteiger partial charge in [0.05, 0.1) is 6.10 Å². The summed E-state index contributed by atoms with van der Waals surface area (Å²) in [5.74, 6) is 0.504. The summed E-state index contributed by atoms with van der Waals surface area (Å²) < 4.78 is 4.52. The highest BCUT2D eigenvalue weighted by molar-refractivity contribution is 6.09. The van der Waals surface area contributed by atoms with Gasteiger partial charge in [-0.3, -0.25) is 0 Å². The van der Waals surface area contributed by atoms with E-state index in [4.69, 9.17) is 11.9 Å². The fourth-order valence-electron chi connectivity index (χ4n) is 0.896. The Hall–Kier alpha value is -0.730. The molecule has 3 heteroatoms. The topological polar surface area (TPSA) is 29.5 Å². The van der Waals surface area contributed by atoms with Gasteiger partial charge < -0.3 is 9.40 Å². The van der Waals surface area contributed by atoms with E-state index in [-0.39, 0.29) is 0 Å². The second-order valence-electron chi connectivity index (χ2n) is 2.29. The van der Waals surface area contributed by atoms with Gasteiger partial charge in [-0.05, 0) is 13.0 Å². The average molecular weight is 173 g/mol. The van der Waals surface area contributed by atoms with Gasteiger partial charge in [-0.1, -0.05) is 18.2 Å². The van der Waals surface area contributed by atoms with Crippen molar-refractivity contribution in [3.63, 3.8) is 0 Å². The number of hydrogen-bond donors (Lipinski definition) is 1. The van der Waals surface area contributed by atoms with E-state index in [0.717, 1.165) is 0 Å². The molecule has 0 aromatic heterocycles. The quantitative estimate of drug-likeness (QED) is 0.742. The maximum Gasteiger partial charge on any atom is 0.152 e. The third-order valence-corrected chi connectivity index (χ3v) is 1.62. The van der Waals surface area contributed by atoms with E-state index in [1.807, 2.05) is 6.07 Å². The lowest BCUT2D eigenvalue weighted by Gasteiger charge is -2.07. The van der Waals surface area contributed by atoms with Crippen molar-refractivity contribution in [2.45, 2.75) is 13.0 Å². The molecule has 11 heavy (non-hydrogen) atoms. The summed E-state index contributed by atoms with van der Waals surface area (Å²) in [5.41, 5.74) is 0.697. The molecule has 1 atom stereocenters. The Morgan fingerprint density at radius 2 is 2.09 bits per heavy atom. The van der Waals surface area contributed by atoms with Crippen molar-refractivity contribution in [2.24, 2.45) is 0 Å². The number of para-hydroxylation sites is 1. The molecule has 0 fully saturated rings. The van der Waals surface area contributed by atoms with Crippen LogP contribution in [0.25, 0.3) is 0 Å². The SMILES string of the molecule is CC(O)c1ccccc1OCl. The van der Waals surface area contributed by atoms with Crippen molar-refractivity contribution in [3.8, 4) is 5.75 Å². The summed E-state index contributed by atoms with van der Waals surface area (Å²) in [7, 11) is 0. The summed E-state index contributed by atoms with van der Waals surface area (Å²) in [6.45, 7) is 1.66. The van der Waals surface area contributed by atoms with Crippen LogP contribution >= 0.6 is 11.9 Å². The van der Waals surface area contributed by atoms with Gasteiger partial charge in [-0.2, -0.15) is 0 Å². The highest BCUT2D eigenvalue weighted by atomic mass is 35.5. The Balaban J connectivity index is 3.02. The molecular formula is C8H9ClO2. The smallest absolute Gasteiger partial charge is 0.152 e. The zero-order valence-corrected chi connectivity index (χ0v) is 6.88. The Bertz CT molecular complexity index is 235. The first-order chi connectivity index (χ1) is 5.25. The van der Waals surface area contributed by atoms with E-state index in [0.29, 0.717) is 11.3 Å². The van der Waals surface area contributed by atoms with Gasteiger partial charge in [-0.15, -0.1) is 0 Å². The van der Waals surface area contributed by atoms with Crippen LogP contribution in [0.15, 0.2) is 24.3 Å². The van der Waals surface area contributed by atoms with Crippen molar-refractivity contribution < 1.29 is 9.40 Å². The van der Waals surface area contributed by atoms with E-state index in [9.17, 15) is 5.11 Å². The summed E-state index contributed by atoms with van der Waals surface area (Å²) >= 11 is 5.17. The molecule has 1 rings (SSSR count). The molecule has 1 aromatic rings. The Morgan fingerprint density at radius 3 is 2.55 bits per heavy atom. The Morgan fingerprint density at radius 1 is 1.45 bits per heavy atom. The fraction of sp³-hybridized carbons (Fsp3) is 0.250. The predicted molar refractivity (Wildman–Crippen MR) is 43.6 cm³/mol. The van der Waals surface area contributed by atoms with Crippen LogP contribution in [0.3, 0.4) is 0 Å². The largest absolute Gasteiger partial charge is 0.389 e. The van der Waals surface area contributed by atoms with Crippen LogP contribution in [0.5, 0.6) is 5.75 Å². The zero-order chi connectivity index (χ0) is 8.27. The van der Waals surface area contributed by atoms with Crippen molar-refractivity contribution >= 4 is 11.9 Å². The number of aliphatic hydroxyl groups is 1. The van der Waals surface area contributed by atoms with E-state index in [2.05, 4.69) is 4.29 Å². The average Bonchev–Trinajstić information content (AvgIpc) is 2.04. The van der Waals surface area contributed by atoms with Crippen molar-refractivity contribution in [1.82, 2.24) is 0 Å². The molecule has 0 heterocycles. The fourth-order valence-corrected chi connectivity index (χ4v) is 1.04. The minimum absolute atomic E-state index is 0.504. The lowest BCUT2D eigenvalue weighted by atomic mass is 10.1. The minimum Gasteiger partial charge on any atom is -0.389 e. The molecule has 0 aliphatic heterocycles. The summed E-state index contributed by atoms with van der Waals surface area (Å²) in [4.78, 5) is 0. The molecule has 1 N–H and O–H groups in total. The van der Waals surface area contributed by atoms with Gasteiger partial charge in [0.25, 0.3) is 0 Å². The highest BCUT2D eigenvalue weighted by Crippen LogP contribution is 2.24. The maximum atomic E-state index is 9.20. The third kappa shape index (κ3) is 1.85. The van der Waals surface area contributed by atoms with E-state index < -0.39 is 6.10 Å². The maximum absolute atomic E-state index is 9.20. The molecule has 0 saturated heterocycles. The second kappa shape index (κ2) is 3.60. The lowest BCUT2D eigenvalue weighted by Crippen LogP contribution is -1.92. The van der Waals surface area contributed by atoms with Gasteiger partial charge >= 0.3 is 0 Å².